The third-order valence-corrected chi connectivity index (χ3v) is 8.78. The van der Waals surface area contributed by atoms with E-state index in [4.69, 9.17) is 19.6 Å². The van der Waals surface area contributed by atoms with Gasteiger partial charge in [0.2, 0.25) is 5.90 Å². The van der Waals surface area contributed by atoms with E-state index >= 15 is 0 Å². The number of aliphatic imine (C=N–C) groups is 1. The van der Waals surface area contributed by atoms with Gasteiger partial charge in [-0.2, -0.15) is 0 Å². The van der Waals surface area contributed by atoms with Crippen molar-refractivity contribution < 1.29 is 19.4 Å². The van der Waals surface area contributed by atoms with Gasteiger partial charge in [-0.1, -0.05) is 52.3 Å². The number of ether oxygens (including phenoxy) is 2. The highest BCUT2D eigenvalue weighted by molar-refractivity contribution is 9.10. The zero-order valence-electron chi connectivity index (χ0n) is 22.6. The van der Waals surface area contributed by atoms with Gasteiger partial charge < -0.3 is 19.5 Å². The molecule has 0 fully saturated rings. The smallest absolute Gasteiger partial charge is 0.255 e. The summed E-state index contributed by atoms with van der Waals surface area (Å²) in [5, 5.41) is 12.0. The molecular formula is C32H30BrN3O4S. The molecule has 41 heavy (non-hydrogen) atoms. The van der Waals surface area contributed by atoms with Crippen molar-refractivity contribution in [2.75, 3.05) is 13.2 Å². The number of carbonyl (C=O) groups excluding carboxylic acids is 1. The van der Waals surface area contributed by atoms with Crippen molar-refractivity contribution in [3.63, 3.8) is 0 Å². The third kappa shape index (κ3) is 5.66. The van der Waals surface area contributed by atoms with Crippen LogP contribution in [0.1, 0.15) is 45.5 Å². The number of aliphatic hydroxyl groups is 1. The van der Waals surface area contributed by atoms with Crippen LogP contribution in [0.4, 0.5) is 0 Å². The Bertz CT molecular complexity index is 1570. The predicted molar refractivity (Wildman–Crippen MR) is 162 cm³/mol. The Labute approximate surface area is 251 Å². The lowest BCUT2D eigenvalue weighted by atomic mass is 9.82. The molecule has 0 radical (unpaired) electrons. The second-order valence-electron chi connectivity index (χ2n) is 10.3. The highest BCUT2D eigenvalue weighted by Gasteiger charge is 2.56. The molecule has 2 aliphatic rings. The molecule has 0 saturated carbocycles. The number of hydrogen-bond acceptors (Lipinski definition) is 7. The molecule has 210 valence electrons. The zero-order valence-corrected chi connectivity index (χ0v) is 25.0. The molecule has 2 atom stereocenters. The molecule has 0 bridgehead atoms. The molecule has 1 N–H and O–H groups in total. The van der Waals surface area contributed by atoms with E-state index in [0.717, 1.165) is 37.4 Å². The van der Waals surface area contributed by atoms with Gasteiger partial charge in [0.05, 0.1) is 23.9 Å². The number of carbonyl (C=O) groups is 1. The van der Waals surface area contributed by atoms with Crippen LogP contribution in [0.25, 0.3) is 0 Å². The fourth-order valence-electron chi connectivity index (χ4n) is 5.44. The summed E-state index contributed by atoms with van der Waals surface area (Å²) in [7, 11) is 0. The first-order valence-electron chi connectivity index (χ1n) is 13.6. The van der Waals surface area contributed by atoms with Gasteiger partial charge in [0.25, 0.3) is 5.91 Å². The summed E-state index contributed by atoms with van der Waals surface area (Å²) in [4.78, 5) is 26.4. The van der Waals surface area contributed by atoms with E-state index in [0.29, 0.717) is 44.2 Å². The normalized spacial score (nSPS) is 20.0. The summed E-state index contributed by atoms with van der Waals surface area (Å²) >= 11 is 5.12. The average Bonchev–Trinajstić information content (AvgIpc) is 3.55. The Morgan fingerprint density at radius 1 is 1.10 bits per heavy atom. The number of fused-ring (bicyclic) bond motifs is 1. The van der Waals surface area contributed by atoms with Crippen molar-refractivity contribution >= 4 is 39.1 Å². The highest BCUT2D eigenvalue weighted by Crippen LogP contribution is 2.45. The summed E-state index contributed by atoms with van der Waals surface area (Å²) < 4.78 is 13.3. The number of halogens is 1. The monoisotopic (exact) mass is 631 g/mol. The van der Waals surface area contributed by atoms with E-state index in [-0.39, 0.29) is 12.5 Å². The lowest BCUT2D eigenvalue weighted by molar-refractivity contribution is -0.140. The number of benzene rings is 3. The largest absolute Gasteiger partial charge is 0.494 e. The van der Waals surface area contributed by atoms with Gasteiger partial charge in [-0.15, -0.1) is 11.3 Å². The number of aryl methyl sites for hydroxylation is 1. The van der Waals surface area contributed by atoms with Gasteiger partial charge in [-0.3, -0.25) is 4.79 Å². The number of rotatable bonds is 8. The number of aliphatic hydroxyl groups excluding tert-OH is 1. The predicted octanol–water partition coefficient (Wildman–Crippen LogP) is 6.02. The standard InChI is InChI=1S/C32H30BrN3O4S/c1-21-34-27(20-41-21)19-36-18-25-6-3-2-5-24(25)17-32(31(36)38)29(22-7-11-26(33)12-8-22)40-30(35-32)23-9-13-28(14-10-23)39-16-4-15-37/h2-3,5-14,20,29,37H,4,15-19H2,1H3/t29-,32-/m0/s1. The molecule has 2 aliphatic heterocycles. The van der Waals surface area contributed by atoms with Crippen LogP contribution in [0.5, 0.6) is 5.75 Å². The minimum absolute atomic E-state index is 0.0776. The van der Waals surface area contributed by atoms with Crippen LogP contribution >= 0.6 is 27.3 Å². The van der Waals surface area contributed by atoms with Crippen LogP contribution in [-0.2, 0) is 29.0 Å². The topological polar surface area (TPSA) is 84.2 Å². The second kappa shape index (κ2) is 11.8. The molecule has 3 heterocycles. The van der Waals surface area contributed by atoms with E-state index < -0.39 is 11.6 Å². The fourth-order valence-corrected chi connectivity index (χ4v) is 6.30. The van der Waals surface area contributed by atoms with Crippen molar-refractivity contribution in [3.8, 4) is 5.75 Å². The number of amides is 1. The molecule has 1 aromatic heterocycles. The minimum atomic E-state index is -1.20. The van der Waals surface area contributed by atoms with Gasteiger partial charge in [0.15, 0.2) is 11.6 Å². The first-order valence-corrected chi connectivity index (χ1v) is 15.3. The van der Waals surface area contributed by atoms with Gasteiger partial charge >= 0.3 is 0 Å². The van der Waals surface area contributed by atoms with Crippen LogP contribution < -0.4 is 4.74 Å². The Kier molecular flexibility index (Phi) is 7.92. The summed E-state index contributed by atoms with van der Waals surface area (Å²) in [6.07, 6.45) is 0.362. The maximum absolute atomic E-state index is 14.7. The molecule has 9 heteroatoms. The molecule has 0 unspecified atom stereocenters. The van der Waals surface area contributed by atoms with Gasteiger partial charge in [-0.05, 0) is 60.0 Å². The number of thiazole rings is 1. The van der Waals surface area contributed by atoms with Gasteiger partial charge in [0, 0.05) is 41.4 Å². The molecule has 3 aromatic carbocycles. The Morgan fingerprint density at radius 3 is 2.56 bits per heavy atom. The Morgan fingerprint density at radius 2 is 1.85 bits per heavy atom. The van der Waals surface area contributed by atoms with Crippen molar-refractivity contribution in [2.45, 2.75) is 44.5 Å². The molecule has 4 aromatic rings. The second-order valence-corrected chi connectivity index (χ2v) is 12.3. The van der Waals surface area contributed by atoms with E-state index in [2.05, 4.69) is 33.0 Å². The quantitative estimate of drug-likeness (QED) is 0.241. The van der Waals surface area contributed by atoms with Crippen molar-refractivity contribution in [1.29, 1.82) is 0 Å². The Hall–Kier alpha value is -3.53. The summed E-state index contributed by atoms with van der Waals surface area (Å²) in [6.45, 7) is 3.37. The first-order chi connectivity index (χ1) is 19.9. The molecule has 6 rings (SSSR count). The fraction of sp³-hybridized carbons (Fsp3) is 0.281. The average molecular weight is 633 g/mol. The lowest BCUT2D eigenvalue weighted by Crippen LogP contribution is -2.49. The molecule has 1 spiro atoms. The number of hydrogen-bond donors (Lipinski definition) is 1. The van der Waals surface area contributed by atoms with Crippen LogP contribution in [0, 0.1) is 6.92 Å². The highest BCUT2D eigenvalue weighted by atomic mass is 79.9. The van der Waals surface area contributed by atoms with Crippen LogP contribution in [0.2, 0.25) is 0 Å². The SMILES string of the molecule is Cc1nc(CN2Cc3ccccc3C[C@@]3(N=C(c4ccc(OCCCO)cc4)O[C@H]3c3ccc(Br)cc3)C2=O)cs1. The molecular weight excluding hydrogens is 602 g/mol. The van der Waals surface area contributed by atoms with Gasteiger partial charge in [-0.25, -0.2) is 9.98 Å². The van der Waals surface area contributed by atoms with Crippen molar-refractivity contribution in [2.24, 2.45) is 4.99 Å². The first kappa shape index (κ1) is 27.6. The van der Waals surface area contributed by atoms with Crippen molar-refractivity contribution in [1.82, 2.24) is 9.88 Å². The molecule has 0 aliphatic carbocycles. The number of nitrogens with zero attached hydrogens (tertiary/aromatic N) is 3. The van der Waals surface area contributed by atoms with E-state index in [1.54, 1.807) is 11.3 Å². The van der Waals surface area contributed by atoms with Crippen LogP contribution in [-0.4, -0.2) is 45.5 Å². The summed E-state index contributed by atoms with van der Waals surface area (Å²) in [5.41, 5.74) is 3.51. The zero-order chi connectivity index (χ0) is 28.4. The minimum Gasteiger partial charge on any atom is -0.494 e. The van der Waals surface area contributed by atoms with Crippen molar-refractivity contribution in [3.05, 3.63) is 116 Å². The van der Waals surface area contributed by atoms with Crippen LogP contribution in [0.15, 0.2) is 87.6 Å². The summed E-state index contributed by atoms with van der Waals surface area (Å²) in [6, 6.07) is 23.6. The maximum atomic E-state index is 14.7. The maximum Gasteiger partial charge on any atom is 0.255 e. The third-order valence-electron chi connectivity index (χ3n) is 7.43. The summed E-state index contributed by atoms with van der Waals surface area (Å²) in [5.74, 6) is 1.05. The molecule has 1 amide bonds. The van der Waals surface area contributed by atoms with Crippen LogP contribution in [0.3, 0.4) is 0 Å². The van der Waals surface area contributed by atoms with E-state index in [9.17, 15) is 4.79 Å². The molecule has 0 saturated heterocycles. The molecule has 7 nitrogen and oxygen atoms in total. The van der Waals surface area contributed by atoms with E-state index in [1.807, 2.05) is 77.9 Å². The van der Waals surface area contributed by atoms with E-state index in [1.165, 1.54) is 0 Å². The number of aromatic nitrogens is 1. The van der Waals surface area contributed by atoms with Gasteiger partial charge in [0.1, 0.15) is 5.75 Å². The Balaban J connectivity index is 1.44. The lowest BCUT2D eigenvalue weighted by Gasteiger charge is -2.33.